The van der Waals surface area contributed by atoms with Crippen LogP contribution in [0, 0.1) is 0 Å². The van der Waals surface area contributed by atoms with Gasteiger partial charge in [0.15, 0.2) is 17.0 Å². The molecule has 0 spiro atoms. The molecule has 0 aliphatic rings. The molecule has 0 fully saturated rings. The first-order valence-corrected chi connectivity index (χ1v) is 10.0. The molecule has 0 bridgehead atoms. The monoisotopic (exact) mass is 422 g/mol. The summed E-state index contributed by atoms with van der Waals surface area (Å²) in [5, 5.41) is 3.54. The first kappa shape index (κ1) is 20.0. The SMILES string of the molecule is CC(C)n1cnc2c(NCc3cccnc3-c3ccc(N(C)C)nc3)nc(Cl)nc21. The molecule has 0 aromatic carbocycles. The van der Waals surface area contributed by atoms with Crippen LogP contribution in [0.15, 0.2) is 43.0 Å². The van der Waals surface area contributed by atoms with Crippen molar-refractivity contribution >= 4 is 34.4 Å². The molecular formula is C21H23ClN8. The molecule has 8 nitrogen and oxygen atoms in total. The molecule has 4 aromatic rings. The van der Waals surface area contributed by atoms with E-state index < -0.39 is 0 Å². The summed E-state index contributed by atoms with van der Waals surface area (Å²) in [5.41, 5.74) is 4.24. The number of anilines is 2. The zero-order chi connectivity index (χ0) is 21.3. The smallest absolute Gasteiger partial charge is 0.226 e. The average Bonchev–Trinajstić information content (AvgIpc) is 3.16. The third-order valence-electron chi connectivity index (χ3n) is 4.77. The van der Waals surface area contributed by atoms with E-state index in [4.69, 9.17) is 11.6 Å². The van der Waals surface area contributed by atoms with Crippen LogP contribution < -0.4 is 10.2 Å². The number of nitrogens with one attached hydrogen (secondary N) is 1. The largest absolute Gasteiger partial charge is 0.364 e. The lowest BCUT2D eigenvalue weighted by atomic mass is 10.1. The number of hydrogen-bond acceptors (Lipinski definition) is 7. The van der Waals surface area contributed by atoms with Crippen LogP contribution in [0.3, 0.4) is 0 Å². The lowest BCUT2D eigenvalue weighted by Gasteiger charge is -2.13. The van der Waals surface area contributed by atoms with Crippen LogP contribution in [0.2, 0.25) is 5.28 Å². The van der Waals surface area contributed by atoms with E-state index in [9.17, 15) is 0 Å². The lowest BCUT2D eigenvalue weighted by Crippen LogP contribution is -2.10. The molecule has 0 aliphatic heterocycles. The summed E-state index contributed by atoms with van der Waals surface area (Å²) in [5.74, 6) is 1.49. The molecule has 4 aromatic heterocycles. The Bertz CT molecular complexity index is 1170. The molecule has 0 aliphatic carbocycles. The van der Waals surface area contributed by atoms with Crippen LogP contribution >= 0.6 is 11.6 Å². The summed E-state index contributed by atoms with van der Waals surface area (Å²) < 4.78 is 1.97. The van der Waals surface area contributed by atoms with Gasteiger partial charge < -0.3 is 14.8 Å². The van der Waals surface area contributed by atoms with Crippen molar-refractivity contribution in [1.82, 2.24) is 29.5 Å². The van der Waals surface area contributed by atoms with Gasteiger partial charge in [-0.3, -0.25) is 4.98 Å². The van der Waals surface area contributed by atoms with Gasteiger partial charge in [0.1, 0.15) is 5.82 Å². The van der Waals surface area contributed by atoms with Gasteiger partial charge in [-0.1, -0.05) is 6.07 Å². The van der Waals surface area contributed by atoms with Gasteiger partial charge in [0.05, 0.1) is 12.0 Å². The number of pyridine rings is 2. The van der Waals surface area contributed by atoms with Crippen molar-refractivity contribution in [3.05, 3.63) is 53.8 Å². The van der Waals surface area contributed by atoms with E-state index in [1.807, 2.05) is 54.0 Å². The van der Waals surface area contributed by atoms with Crippen molar-refractivity contribution in [2.45, 2.75) is 26.4 Å². The van der Waals surface area contributed by atoms with Gasteiger partial charge in [-0.25, -0.2) is 9.97 Å². The zero-order valence-electron chi connectivity index (χ0n) is 17.3. The number of hydrogen-bond donors (Lipinski definition) is 1. The minimum atomic E-state index is 0.183. The molecule has 0 saturated heterocycles. The second kappa shape index (κ2) is 8.23. The van der Waals surface area contributed by atoms with Crippen LogP contribution in [0.5, 0.6) is 0 Å². The van der Waals surface area contributed by atoms with Crippen LogP contribution in [0.1, 0.15) is 25.5 Å². The Kier molecular flexibility index (Phi) is 5.50. The Balaban J connectivity index is 1.64. The van der Waals surface area contributed by atoms with Crippen molar-refractivity contribution in [1.29, 1.82) is 0 Å². The Morgan fingerprint density at radius 3 is 2.63 bits per heavy atom. The normalized spacial score (nSPS) is 11.3. The topological polar surface area (TPSA) is 84.7 Å². The predicted molar refractivity (Wildman–Crippen MR) is 120 cm³/mol. The van der Waals surface area contributed by atoms with E-state index in [0.717, 1.165) is 22.6 Å². The summed E-state index contributed by atoms with van der Waals surface area (Å²) in [6, 6.07) is 8.17. The quantitative estimate of drug-likeness (QED) is 0.466. The third kappa shape index (κ3) is 3.91. The molecule has 0 radical (unpaired) electrons. The van der Waals surface area contributed by atoms with Crippen molar-refractivity contribution < 1.29 is 0 Å². The Labute approximate surface area is 180 Å². The summed E-state index contributed by atoms with van der Waals surface area (Å²) in [6.07, 6.45) is 5.38. The molecule has 30 heavy (non-hydrogen) atoms. The number of aromatic nitrogens is 6. The van der Waals surface area contributed by atoms with Crippen molar-refractivity contribution in [3.63, 3.8) is 0 Å². The standard InChI is InChI=1S/C21H23ClN8/c1-13(2)30-12-26-18-19(27-21(22)28-20(18)30)25-11-14-6-5-9-23-17(14)15-7-8-16(24-10-15)29(3)4/h5-10,12-13H,11H2,1-4H3,(H,25,27,28). The number of fused-ring (bicyclic) bond motifs is 1. The maximum Gasteiger partial charge on any atom is 0.226 e. The summed E-state index contributed by atoms with van der Waals surface area (Å²) >= 11 is 6.18. The van der Waals surface area contributed by atoms with Gasteiger partial charge in [-0.2, -0.15) is 9.97 Å². The Morgan fingerprint density at radius 1 is 1.10 bits per heavy atom. The second-order valence-electron chi connectivity index (χ2n) is 7.42. The van der Waals surface area contributed by atoms with Crippen LogP contribution in [0.4, 0.5) is 11.6 Å². The maximum atomic E-state index is 6.18. The Morgan fingerprint density at radius 2 is 1.93 bits per heavy atom. The molecule has 9 heteroatoms. The van der Waals surface area contributed by atoms with Crippen molar-refractivity contribution in [2.75, 3.05) is 24.3 Å². The van der Waals surface area contributed by atoms with E-state index in [1.54, 1.807) is 12.5 Å². The maximum absolute atomic E-state index is 6.18. The van der Waals surface area contributed by atoms with Gasteiger partial charge in [0.25, 0.3) is 0 Å². The van der Waals surface area contributed by atoms with Crippen LogP contribution in [0.25, 0.3) is 22.4 Å². The summed E-state index contributed by atoms with van der Waals surface area (Å²) in [4.78, 5) is 24.2. The minimum absolute atomic E-state index is 0.183. The number of halogens is 1. The van der Waals surface area contributed by atoms with Gasteiger partial charge in [-0.05, 0) is 49.2 Å². The lowest BCUT2D eigenvalue weighted by molar-refractivity contribution is 0.612. The van der Waals surface area contributed by atoms with Gasteiger partial charge in [0, 0.05) is 44.6 Å². The fourth-order valence-electron chi connectivity index (χ4n) is 3.20. The first-order valence-electron chi connectivity index (χ1n) is 9.65. The molecule has 4 rings (SSSR count). The number of nitrogens with zero attached hydrogens (tertiary/aromatic N) is 7. The molecule has 0 amide bonds. The molecule has 0 saturated carbocycles. The van der Waals surface area contributed by atoms with Crippen molar-refractivity contribution in [3.8, 4) is 11.3 Å². The number of rotatable bonds is 6. The van der Waals surface area contributed by atoms with Gasteiger partial charge in [0.2, 0.25) is 5.28 Å². The molecule has 154 valence electrons. The molecule has 0 unspecified atom stereocenters. The number of imidazole rings is 1. The van der Waals surface area contributed by atoms with E-state index in [2.05, 4.69) is 44.1 Å². The highest BCUT2D eigenvalue weighted by atomic mass is 35.5. The highest BCUT2D eigenvalue weighted by molar-refractivity contribution is 6.28. The van der Waals surface area contributed by atoms with Crippen molar-refractivity contribution in [2.24, 2.45) is 0 Å². The highest BCUT2D eigenvalue weighted by Crippen LogP contribution is 2.26. The first-order chi connectivity index (χ1) is 14.4. The molecular weight excluding hydrogens is 400 g/mol. The highest BCUT2D eigenvalue weighted by Gasteiger charge is 2.15. The molecule has 4 heterocycles. The minimum Gasteiger partial charge on any atom is -0.364 e. The zero-order valence-corrected chi connectivity index (χ0v) is 18.1. The fraction of sp³-hybridized carbons (Fsp3) is 0.286. The molecule has 1 N–H and O–H groups in total. The average molecular weight is 423 g/mol. The molecule has 0 atom stereocenters. The van der Waals surface area contributed by atoms with Crippen LogP contribution in [-0.4, -0.2) is 43.6 Å². The van der Waals surface area contributed by atoms with Crippen LogP contribution in [-0.2, 0) is 6.54 Å². The van der Waals surface area contributed by atoms with E-state index in [-0.39, 0.29) is 11.3 Å². The van der Waals surface area contributed by atoms with E-state index >= 15 is 0 Å². The van der Waals surface area contributed by atoms with E-state index in [0.29, 0.717) is 23.5 Å². The summed E-state index contributed by atoms with van der Waals surface area (Å²) in [6.45, 7) is 4.65. The summed E-state index contributed by atoms with van der Waals surface area (Å²) in [7, 11) is 3.93. The predicted octanol–water partition coefficient (Wildman–Crippen LogP) is 4.20. The van der Waals surface area contributed by atoms with Gasteiger partial charge in [-0.15, -0.1) is 0 Å². The van der Waals surface area contributed by atoms with Gasteiger partial charge >= 0.3 is 0 Å². The third-order valence-corrected chi connectivity index (χ3v) is 4.94. The van der Waals surface area contributed by atoms with E-state index in [1.165, 1.54) is 0 Å². The Hall–Kier alpha value is -3.26. The fourth-order valence-corrected chi connectivity index (χ4v) is 3.37. The second-order valence-corrected chi connectivity index (χ2v) is 7.76.